The number of benzene rings is 1. The van der Waals surface area contributed by atoms with E-state index in [1.54, 1.807) is 6.07 Å². The first-order chi connectivity index (χ1) is 8.09. The van der Waals surface area contributed by atoms with Gasteiger partial charge in [0.1, 0.15) is 5.75 Å². The Kier molecular flexibility index (Phi) is 6.05. The first kappa shape index (κ1) is 14.0. The van der Waals surface area contributed by atoms with Crippen LogP contribution in [-0.2, 0) is 10.8 Å². The summed E-state index contributed by atoms with van der Waals surface area (Å²) in [5.74, 6) is 2.60. The summed E-state index contributed by atoms with van der Waals surface area (Å²) in [6.45, 7) is 4.73. The Balaban J connectivity index is 2.24. The molecular weight excluding hydrogens is 234 g/mol. The maximum absolute atomic E-state index is 11.6. The minimum Gasteiger partial charge on any atom is -0.490 e. The van der Waals surface area contributed by atoms with Crippen molar-refractivity contribution < 1.29 is 8.95 Å². The molecule has 96 valence electrons. The van der Waals surface area contributed by atoms with Gasteiger partial charge in [0.05, 0.1) is 18.0 Å². The normalized spacial score (nSPS) is 12.6. The van der Waals surface area contributed by atoms with Crippen molar-refractivity contribution in [2.45, 2.75) is 20.3 Å². The van der Waals surface area contributed by atoms with E-state index in [-0.39, 0.29) is 0 Å². The number of nitrogen functional groups attached to an aromatic ring is 1. The molecule has 2 N–H and O–H groups in total. The summed E-state index contributed by atoms with van der Waals surface area (Å²) in [7, 11) is -0.787. The van der Waals surface area contributed by atoms with Crippen LogP contribution in [0.15, 0.2) is 24.3 Å². The van der Waals surface area contributed by atoms with Crippen LogP contribution in [0.2, 0.25) is 0 Å². The lowest BCUT2D eigenvalue weighted by Crippen LogP contribution is -2.12. The molecule has 3 nitrogen and oxygen atoms in total. The third kappa shape index (κ3) is 5.73. The summed E-state index contributed by atoms with van der Waals surface area (Å²) in [6.07, 6.45) is 1.00. The van der Waals surface area contributed by atoms with Crippen LogP contribution >= 0.6 is 0 Å². The van der Waals surface area contributed by atoms with Crippen LogP contribution in [-0.4, -0.2) is 22.3 Å². The highest BCUT2D eigenvalue weighted by molar-refractivity contribution is 7.84. The van der Waals surface area contributed by atoms with Crippen LogP contribution in [0.1, 0.15) is 20.3 Å². The number of rotatable bonds is 7. The van der Waals surface area contributed by atoms with E-state index in [1.807, 2.05) is 18.2 Å². The van der Waals surface area contributed by atoms with E-state index in [2.05, 4.69) is 13.8 Å². The fraction of sp³-hybridized carbons (Fsp3) is 0.538. The number of anilines is 1. The molecule has 1 aromatic rings. The highest BCUT2D eigenvalue weighted by Gasteiger charge is 2.03. The SMILES string of the molecule is CC(C)CCS(=O)CCOc1ccccc1N. The second kappa shape index (κ2) is 7.33. The highest BCUT2D eigenvalue weighted by atomic mass is 32.2. The van der Waals surface area contributed by atoms with Crippen molar-refractivity contribution in [1.29, 1.82) is 0 Å². The number of hydrogen-bond donors (Lipinski definition) is 1. The van der Waals surface area contributed by atoms with E-state index < -0.39 is 10.8 Å². The Morgan fingerprint density at radius 1 is 1.29 bits per heavy atom. The maximum atomic E-state index is 11.6. The largest absolute Gasteiger partial charge is 0.490 e. The zero-order chi connectivity index (χ0) is 12.7. The van der Waals surface area contributed by atoms with E-state index in [1.165, 1.54) is 0 Å². The monoisotopic (exact) mass is 255 g/mol. The molecule has 0 spiro atoms. The third-order valence-corrected chi connectivity index (χ3v) is 3.72. The van der Waals surface area contributed by atoms with Crippen LogP contribution in [0.4, 0.5) is 5.69 Å². The Morgan fingerprint density at radius 3 is 2.65 bits per heavy atom. The average Bonchev–Trinajstić information content (AvgIpc) is 2.29. The van der Waals surface area contributed by atoms with E-state index in [4.69, 9.17) is 10.5 Å². The molecular formula is C13H21NO2S. The van der Waals surface area contributed by atoms with Gasteiger partial charge in [-0.1, -0.05) is 26.0 Å². The summed E-state index contributed by atoms with van der Waals surface area (Å²) >= 11 is 0. The van der Waals surface area contributed by atoms with Gasteiger partial charge < -0.3 is 10.5 Å². The number of ether oxygens (including phenoxy) is 1. The fourth-order valence-electron chi connectivity index (χ4n) is 1.33. The van der Waals surface area contributed by atoms with Crippen molar-refractivity contribution in [3.63, 3.8) is 0 Å². The van der Waals surface area contributed by atoms with Gasteiger partial charge in [0.15, 0.2) is 0 Å². The van der Waals surface area contributed by atoms with Gasteiger partial charge in [-0.2, -0.15) is 0 Å². The number of nitrogens with two attached hydrogens (primary N) is 1. The van der Waals surface area contributed by atoms with Crippen molar-refractivity contribution in [1.82, 2.24) is 0 Å². The predicted octanol–water partition coefficient (Wildman–Crippen LogP) is 2.44. The van der Waals surface area contributed by atoms with Crippen LogP contribution in [0.5, 0.6) is 5.75 Å². The Morgan fingerprint density at radius 2 is 2.00 bits per heavy atom. The van der Waals surface area contributed by atoms with Crippen LogP contribution in [0.3, 0.4) is 0 Å². The molecule has 0 aliphatic rings. The zero-order valence-electron chi connectivity index (χ0n) is 10.5. The van der Waals surface area contributed by atoms with Gasteiger partial charge in [-0.3, -0.25) is 4.21 Å². The first-order valence-corrected chi connectivity index (χ1v) is 7.40. The third-order valence-electron chi connectivity index (χ3n) is 2.41. The molecule has 0 heterocycles. The molecule has 0 aromatic heterocycles. The lowest BCUT2D eigenvalue weighted by atomic mass is 10.2. The Labute approximate surface area is 106 Å². The van der Waals surface area contributed by atoms with E-state index >= 15 is 0 Å². The molecule has 0 aliphatic heterocycles. The molecule has 1 aromatic carbocycles. The topological polar surface area (TPSA) is 52.3 Å². The standard InChI is InChI=1S/C13H21NO2S/c1-11(2)7-9-17(15)10-8-16-13-6-4-3-5-12(13)14/h3-6,11H,7-10,14H2,1-2H3. The molecule has 0 fully saturated rings. The smallest absolute Gasteiger partial charge is 0.142 e. The Bertz CT molecular complexity index is 366. The van der Waals surface area contributed by atoms with Gasteiger partial charge in [0.25, 0.3) is 0 Å². The van der Waals surface area contributed by atoms with Crippen molar-refractivity contribution in [3.05, 3.63) is 24.3 Å². The Hall–Kier alpha value is -1.03. The molecule has 1 atom stereocenters. The van der Waals surface area contributed by atoms with Crippen molar-refractivity contribution in [3.8, 4) is 5.75 Å². The second-order valence-corrected chi connectivity index (χ2v) is 6.11. The molecule has 4 heteroatoms. The van der Waals surface area contributed by atoms with Crippen molar-refractivity contribution in [2.75, 3.05) is 23.8 Å². The van der Waals surface area contributed by atoms with Crippen molar-refractivity contribution >= 4 is 16.5 Å². The van der Waals surface area contributed by atoms with Crippen LogP contribution in [0.25, 0.3) is 0 Å². The van der Waals surface area contributed by atoms with E-state index in [0.29, 0.717) is 29.7 Å². The molecule has 1 rings (SSSR count). The minimum atomic E-state index is -0.787. The average molecular weight is 255 g/mol. The van der Waals surface area contributed by atoms with Gasteiger partial charge in [-0.15, -0.1) is 0 Å². The molecule has 0 saturated carbocycles. The summed E-state index contributed by atoms with van der Waals surface area (Å²) in [5, 5.41) is 0. The molecule has 0 bridgehead atoms. The molecule has 0 radical (unpaired) electrons. The fourth-order valence-corrected chi connectivity index (χ4v) is 2.53. The predicted molar refractivity (Wildman–Crippen MR) is 73.7 cm³/mol. The van der Waals surface area contributed by atoms with Gasteiger partial charge in [-0.05, 0) is 24.5 Å². The first-order valence-electron chi connectivity index (χ1n) is 5.92. The van der Waals surface area contributed by atoms with Crippen molar-refractivity contribution in [2.24, 2.45) is 5.92 Å². The molecule has 17 heavy (non-hydrogen) atoms. The molecule has 0 amide bonds. The quantitative estimate of drug-likeness (QED) is 0.761. The molecule has 0 saturated heterocycles. The van der Waals surface area contributed by atoms with Gasteiger partial charge in [0, 0.05) is 16.6 Å². The van der Waals surface area contributed by atoms with E-state index in [0.717, 1.165) is 12.2 Å². The summed E-state index contributed by atoms with van der Waals surface area (Å²) in [6, 6.07) is 7.36. The summed E-state index contributed by atoms with van der Waals surface area (Å²) in [4.78, 5) is 0. The van der Waals surface area contributed by atoms with Gasteiger partial charge in [0.2, 0.25) is 0 Å². The number of para-hydroxylation sites is 2. The van der Waals surface area contributed by atoms with Gasteiger partial charge >= 0.3 is 0 Å². The summed E-state index contributed by atoms with van der Waals surface area (Å²) < 4.78 is 17.1. The van der Waals surface area contributed by atoms with Crippen LogP contribution in [0, 0.1) is 5.92 Å². The lowest BCUT2D eigenvalue weighted by molar-refractivity contribution is 0.344. The lowest BCUT2D eigenvalue weighted by Gasteiger charge is -2.09. The second-order valence-electron chi connectivity index (χ2n) is 4.42. The van der Waals surface area contributed by atoms with Crippen LogP contribution < -0.4 is 10.5 Å². The highest BCUT2D eigenvalue weighted by Crippen LogP contribution is 2.19. The maximum Gasteiger partial charge on any atom is 0.142 e. The summed E-state index contributed by atoms with van der Waals surface area (Å²) in [5.41, 5.74) is 6.36. The van der Waals surface area contributed by atoms with E-state index in [9.17, 15) is 4.21 Å². The van der Waals surface area contributed by atoms with Gasteiger partial charge in [-0.25, -0.2) is 0 Å². The number of hydrogen-bond acceptors (Lipinski definition) is 3. The minimum absolute atomic E-state index is 0.457. The molecule has 0 aliphatic carbocycles. The zero-order valence-corrected chi connectivity index (χ0v) is 11.3. The molecule has 1 unspecified atom stereocenters.